The number of terminal acetylenes is 1. The second kappa shape index (κ2) is 7.02. The molecule has 2 saturated heterocycles. The Kier molecular flexibility index (Phi) is 4.94. The van der Waals surface area contributed by atoms with Crippen molar-refractivity contribution >= 4 is 17.8 Å². The van der Waals surface area contributed by atoms with Gasteiger partial charge >= 0.3 is 6.09 Å². The molecule has 1 aromatic rings. The summed E-state index contributed by atoms with van der Waals surface area (Å²) in [6.45, 7) is 7.43. The zero-order valence-corrected chi connectivity index (χ0v) is 15.6. The Labute approximate surface area is 154 Å². The van der Waals surface area contributed by atoms with Gasteiger partial charge in [0, 0.05) is 49.7 Å². The minimum absolute atomic E-state index is 0.0192. The number of carbonyl (C=O) groups is 2. The number of amides is 2. The van der Waals surface area contributed by atoms with Crippen LogP contribution in [0.1, 0.15) is 51.6 Å². The maximum absolute atomic E-state index is 12.2. The second-order valence-electron chi connectivity index (χ2n) is 8.00. The number of ether oxygens (including phenoxy) is 1. The lowest BCUT2D eigenvalue weighted by atomic mass is 9.94. The highest BCUT2D eigenvalue weighted by atomic mass is 16.6. The van der Waals surface area contributed by atoms with E-state index in [1.54, 1.807) is 9.80 Å². The molecule has 0 aliphatic carbocycles. The van der Waals surface area contributed by atoms with Gasteiger partial charge in [0.25, 0.3) is 0 Å². The van der Waals surface area contributed by atoms with E-state index in [-0.39, 0.29) is 23.8 Å². The first-order chi connectivity index (χ1) is 12.3. The average Bonchev–Trinajstić information content (AvgIpc) is 3.19. The van der Waals surface area contributed by atoms with E-state index in [0.29, 0.717) is 31.9 Å². The van der Waals surface area contributed by atoms with Crippen molar-refractivity contribution in [2.24, 2.45) is 5.92 Å². The molecule has 0 saturated carbocycles. The highest BCUT2D eigenvalue weighted by Gasteiger charge is 2.32. The molecule has 2 aliphatic rings. The Morgan fingerprint density at radius 3 is 2.65 bits per heavy atom. The van der Waals surface area contributed by atoms with E-state index < -0.39 is 5.60 Å². The van der Waals surface area contributed by atoms with Crippen molar-refractivity contribution in [1.29, 1.82) is 0 Å². The minimum Gasteiger partial charge on any atom is -0.444 e. The molecule has 26 heavy (non-hydrogen) atoms. The van der Waals surface area contributed by atoms with Crippen LogP contribution < -0.4 is 4.90 Å². The van der Waals surface area contributed by atoms with Crippen molar-refractivity contribution in [2.45, 2.75) is 51.6 Å². The number of likely N-dealkylation sites (tertiary alicyclic amines) is 1. The predicted octanol–water partition coefficient (Wildman–Crippen LogP) is 2.51. The Balaban J connectivity index is 1.58. The van der Waals surface area contributed by atoms with Crippen molar-refractivity contribution in [3.63, 3.8) is 0 Å². The molecule has 2 amide bonds. The monoisotopic (exact) mass is 358 g/mol. The molecule has 140 valence electrons. The molecular weight excluding hydrogens is 332 g/mol. The zero-order chi connectivity index (χ0) is 18.9. The van der Waals surface area contributed by atoms with Crippen LogP contribution in [0.25, 0.3) is 0 Å². The number of nitrogens with zero attached hydrogens (tertiary/aromatic N) is 3. The topological polar surface area (TPSA) is 78.5 Å². The standard InChI is InChI=1S/C19H26N4O3/c1-5-13-10-17(24)23(12-13)16-11-15(20-21-16)14-6-8-22(9-7-14)18(25)26-19(2,3)4/h1,11,13-14H,6-10,12H2,2-4H3,(H,20,21). The molecule has 7 nitrogen and oxygen atoms in total. The fourth-order valence-corrected chi connectivity index (χ4v) is 3.41. The lowest BCUT2D eigenvalue weighted by molar-refractivity contribution is -0.117. The first-order valence-electron chi connectivity index (χ1n) is 9.06. The minimum atomic E-state index is -0.481. The molecule has 2 fully saturated rings. The van der Waals surface area contributed by atoms with Crippen LogP contribution in [0.2, 0.25) is 0 Å². The fraction of sp³-hybridized carbons (Fsp3) is 0.632. The molecule has 3 rings (SSSR count). The number of piperidine rings is 1. The summed E-state index contributed by atoms with van der Waals surface area (Å²) in [5.74, 6) is 3.55. The summed E-state index contributed by atoms with van der Waals surface area (Å²) in [7, 11) is 0. The van der Waals surface area contributed by atoms with Gasteiger partial charge in [-0.2, -0.15) is 5.10 Å². The first kappa shape index (κ1) is 18.3. The summed E-state index contributed by atoms with van der Waals surface area (Å²) < 4.78 is 5.43. The third kappa shape index (κ3) is 4.01. The van der Waals surface area contributed by atoms with Crippen molar-refractivity contribution in [3.05, 3.63) is 11.8 Å². The molecule has 0 radical (unpaired) electrons. The molecule has 1 N–H and O–H groups in total. The van der Waals surface area contributed by atoms with E-state index in [9.17, 15) is 9.59 Å². The van der Waals surface area contributed by atoms with Crippen LogP contribution >= 0.6 is 0 Å². The molecule has 1 unspecified atom stereocenters. The summed E-state index contributed by atoms with van der Waals surface area (Å²) in [5, 5.41) is 7.36. The van der Waals surface area contributed by atoms with Gasteiger partial charge < -0.3 is 9.64 Å². The van der Waals surface area contributed by atoms with Crippen molar-refractivity contribution in [3.8, 4) is 12.3 Å². The molecule has 0 bridgehead atoms. The quantitative estimate of drug-likeness (QED) is 0.824. The van der Waals surface area contributed by atoms with Gasteiger partial charge in [-0.05, 0) is 33.6 Å². The second-order valence-corrected chi connectivity index (χ2v) is 8.00. The summed E-state index contributed by atoms with van der Waals surface area (Å²) in [6, 6.07) is 1.94. The number of nitrogens with one attached hydrogen (secondary N) is 1. The van der Waals surface area contributed by atoms with Gasteiger partial charge in [0.1, 0.15) is 5.60 Å². The molecule has 1 atom stereocenters. The smallest absolute Gasteiger partial charge is 0.410 e. The van der Waals surface area contributed by atoms with Crippen LogP contribution in [-0.4, -0.2) is 52.3 Å². The van der Waals surface area contributed by atoms with Gasteiger partial charge in [0.2, 0.25) is 5.91 Å². The van der Waals surface area contributed by atoms with Crippen LogP contribution in [0.4, 0.5) is 10.6 Å². The van der Waals surface area contributed by atoms with Gasteiger partial charge in [0.05, 0.1) is 0 Å². The Hall–Kier alpha value is -2.49. The SMILES string of the molecule is C#CC1CC(=O)N(c2cc(C3CCN(C(=O)OC(C)(C)C)CC3)[nH]n2)C1. The number of aromatic amines is 1. The maximum atomic E-state index is 12.2. The largest absolute Gasteiger partial charge is 0.444 e. The Bertz CT molecular complexity index is 720. The van der Waals surface area contributed by atoms with Gasteiger partial charge in [-0.15, -0.1) is 12.3 Å². The number of H-pyrrole nitrogens is 1. The first-order valence-corrected chi connectivity index (χ1v) is 9.06. The molecule has 7 heteroatoms. The Morgan fingerprint density at radius 1 is 1.38 bits per heavy atom. The van der Waals surface area contributed by atoms with E-state index in [1.807, 2.05) is 26.8 Å². The third-order valence-corrected chi connectivity index (χ3v) is 4.81. The number of rotatable bonds is 2. The van der Waals surface area contributed by atoms with E-state index >= 15 is 0 Å². The van der Waals surface area contributed by atoms with Crippen molar-refractivity contribution < 1.29 is 14.3 Å². The van der Waals surface area contributed by atoms with Crippen molar-refractivity contribution in [1.82, 2.24) is 15.1 Å². The summed E-state index contributed by atoms with van der Waals surface area (Å²) in [6.07, 6.45) is 7.23. The van der Waals surface area contributed by atoms with Gasteiger partial charge in [-0.1, -0.05) is 0 Å². The van der Waals surface area contributed by atoms with Crippen molar-refractivity contribution in [2.75, 3.05) is 24.5 Å². The van der Waals surface area contributed by atoms with Crippen LogP contribution in [0, 0.1) is 18.3 Å². The number of hydrogen-bond acceptors (Lipinski definition) is 4. The third-order valence-electron chi connectivity index (χ3n) is 4.81. The maximum Gasteiger partial charge on any atom is 0.410 e. The number of anilines is 1. The molecule has 0 aromatic carbocycles. The van der Waals surface area contributed by atoms with E-state index in [1.165, 1.54) is 0 Å². The highest BCUT2D eigenvalue weighted by molar-refractivity contribution is 5.95. The lowest BCUT2D eigenvalue weighted by Crippen LogP contribution is -2.41. The summed E-state index contributed by atoms with van der Waals surface area (Å²) >= 11 is 0. The zero-order valence-electron chi connectivity index (χ0n) is 15.6. The number of hydrogen-bond donors (Lipinski definition) is 1. The fourth-order valence-electron chi connectivity index (χ4n) is 3.41. The lowest BCUT2D eigenvalue weighted by Gasteiger charge is -2.33. The van der Waals surface area contributed by atoms with E-state index in [4.69, 9.17) is 11.2 Å². The van der Waals surface area contributed by atoms with Gasteiger partial charge in [0.15, 0.2) is 5.82 Å². The van der Waals surface area contributed by atoms with Crippen LogP contribution in [0.15, 0.2) is 6.07 Å². The number of aromatic nitrogens is 2. The highest BCUT2D eigenvalue weighted by Crippen LogP contribution is 2.31. The number of carbonyl (C=O) groups excluding carboxylic acids is 2. The summed E-state index contributed by atoms with van der Waals surface area (Å²) in [5.41, 5.74) is 0.519. The molecule has 2 aliphatic heterocycles. The molecule has 1 aromatic heterocycles. The predicted molar refractivity (Wildman–Crippen MR) is 97.7 cm³/mol. The molecule has 0 spiro atoms. The average molecular weight is 358 g/mol. The van der Waals surface area contributed by atoms with Gasteiger partial charge in [-0.25, -0.2) is 4.79 Å². The summed E-state index contributed by atoms with van der Waals surface area (Å²) in [4.78, 5) is 27.6. The van der Waals surface area contributed by atoms with Crippen LogP contribution in [0.3, 0.4) is 0 Å². The van der Waals surface area contributed by atoms with Gasteiger partial charge in [-0.3, -0.25) is 14.8 Å². The van der Waals surface area contributed by atoms with E-state index in [2.05, 4.69) is 16.1 Å². The van der Waals surface area contributed by atoms with Crippen LogP contribution in [-0.2, 0) is 9.53 Å². The normalized spacial score (nSPS) is 21.8. The van der Waals surface area contributed by atoms with Crippen LogP contribution in [0.5, 0.6) is 0 Å². The molecule has 3 heterocycles. The van der Waals surface area contributed by atoms with E-state index in [0.717, 1.165) is 18.5 Å². The Morgan fingerprint density at radius 2 is 2.08 bits per heavy atom. The molecular formula is C19H26N4O3.